The molecule has 0 unspecified atom stereocenters. The molecule has 2 heterocycles. The van der Waals surface area contributed by atoms with Crippen LogP contribution in [0.3, 0.4) is 0 Å². The van der Waals surface area contributed by atoms with Gasteiger partial charge in [0.1, 0.15) is 23.7 Å². The quantitative estimate of drug-likeness (QED) is 0.125. The zero-order chi connectivity index (χ0) is 36.5. The Morgan fingerprint density at radius 3 is 1.74 bits per heavy atom. The highest BCUT2D eigenvalue weighted by Crippen LogP contribution is 2.21. The molecule has 0 aliphatic heterocycles. The van der Waals surface area contributed by atoms with Crippen LogP contribution in [-0.4, -0.2) is 70.2 Å². The van der Waals surface area contributed by atoms with Gasteiger partial charge in [0.15, 0.2) is 0 Å². The van der Waals surface area contributed by atoms with Crippen LogP contribution >= 0.6 is 0 Å². The van der Waals surface area contributed by atoms with Gasteiger partial charge in [-0.3, -0.25) is 9.59 Å². The minimum Gasteiger partial charge on any atom is -0.453 e. The lowest BCUT2D eigenvalue weighted by Gasteiger charge is -2.22. The maximum absolute atomic E-state index is 12.9. The number of nitrogens with zero attached hydrogens (tertiary/aromatic N) is 2. The molecule has 0 saturated carbocycles. The summed E-state index contributed by atoms with van der Waals surface area (Å²) in [6.45, 7) is 11.0. The molecule has 2 aromatic heterocycles. The second kappa shape index (κ2) is 16.5. The van der Waals surface area contributed by atoms with Gasteiger partial charge in [-0.2, -0.15) is 0 Å². The molecular formula is C36H44N8O6. The van der Waals surface area contributed by atoms with Crippen LogP contribution in [0.1, 0.15) is 76.4 Å². The summed E-state index contributed by atoms with van der Waals surface area (Å²) in [7, 11) is 2.50. The molecule has 14 heteroatoms. The van der Waals surface area contributed by atoms with E-state index in [1.165, 1.54) is 14.2 Å². The number of hydrogen-bond donors (Lipinski definition) is 6. The lowest BCUT2D eigenvalue weighted by atomic mass is 10.0. The first-order valence-electron chi connectivity index (χ1n) is 16.3. The van der Waals surface area contributed by atoms with E-state index in [0.717, 1.165) is 33.4 Å². The Morgan fingerprint density at radius 2 is 1.20 bits per heavy atom. The minimum atomic E-state index is -0.757. The third kappa shape index (κ3) is 9.40. The van der Waals surface area contributed by atoms with Crippen LogP contribution in [0.15, 0.2) is 48.7 Å². The molecule has 4 atom stereocenters. The number of hydrogen-bond acceptors (Lipinski definition) is 8. The van der Waals surface area contributed by atoms with Crippen molar-refractivity contribution in [1.82, 2.24) is 41.2 Å². The molecule has 0 radical (unpaired) electrons. The average Bonchev–Trinajstić information content (AvgIpc) is 3.76. The lowest BCUT2D eigenvalue weighted by Crippen LogP contribution is -2.50. The second-order valence-corrected chi connectivity index (χ2v) is 12.5. The zero-order valence-electron chi connectivity index (χ0n) is 29.4. The van der Waals surface area contributed by atoms with Crippen molar-refractivity contribution in [3.8, 4) is 23.1 Å². The topological polar surface area (TPSA) is 192 Å². The number of amides is 4. The third-order valence-corrected chi connectivity index (χ3v) is 8.00. The molecular weight excluding hydrogens is 640 g/mol. The molecule has 0 aliphatic rings. The highest BCUT2D eigenvalue weighted by Gasteiger charge is 2.28. The molecule has 0 bridgehead atoms. The highest BCUT2D eigenvalue weighted by atomic mass is 16.5. The molecule has 6 N–H and O–H groups in total. The number of H-pyrrole nitrogens is 2. The fourth-order valence-corrected chi connectivity index (χ4v) is 5.08. The largest absolute Gasteiger partial charge is 0.453 e. The Labute approximate surface area is 290 Å². The van der Waals surface area contributed by atoms with Crippen molar-refractivity contribution >= 4 is 35.0 Å². The van der Waals surface area contributed by atoms with Crippen molar-refractivity contribution in [3.05, 3.63) is 71.4 Å². The maximum Gasteiger partial charge on any atom is 0.407 e. The fraction of sp³-hybridized carbons (Fsp3) is 0.389. The number of alkyl carbamates (subject to hydrolysis) is 2. The summed E-state index contributed by atoms with van der Waals surface area (Å²) in [6, 6.07) is 11.0. The van der Waals surface area contributed by atoms with Gasteiger partial charge in [-0.25, -0.2) is 19.6 Å². The van der Waals surface area contributed by atoms with Crippen LogP contribution < -0.4 is 21.3 Å². The Hall–Kier alpha value is -5.84. The molecule has 50 heavy (non-hydrogen) atoms. The molecule has 0 saturated heterocycles. The van der Waals surface area contributed by atoms with E-state index in [9.17, 15) is 19.2 Å². The van der Waals surface area contributed by atoms with E-state index in [-0.39, 0.29) is 23.7 Å². The van der Waals surface area contributed by atoms with E-state index in [2.05, 4.69) is 62.5 Å². The Kier molecular flexibility index (Phi) is 12.2. The first kappa shape index (κ1) is 37.0. The number of aromatic amines is 2. The number of nitrogens with one attached hydrogen (secondary N) is 6. The van der Waals surface area contributed by atoms with Crippen LogP contribution in [0.5, 0.6) is 0 Å². The fourth-order valence-electron chi connectivity index (χ4n) is 5.08. The standard InChI is InChI=1S/C36H44N8O6/c1-19(2)29(43-35(47)49-7)33(45)38-21(5)31-37-18-28(42-31)25-14-11-23(12-15-25)9-10-24-13-16-26-27(17-24)41-32(40-26)22(6)39-34(46)30(20(3)4)44-36(48)50-8/h11-22,29-30H,1-8H3,(H,37,42)(H,38,45)(H,39,46)(H,40,41)(H,43,47)(H,44,48)/t21-,22-,29-,30+/m0/s1. The van der Waals surface area contributed by atoms with Crippen LogP contribution in [0.4, 0.5) is 9.59 Å². The van der Waals surface area contributed by atoms with Gasteiger partial charge in [-0.15, -0.1) is 0 Å². The number of fused-ring (bicyclic) bond motifs is 1. The van der Waals surface area contributed by atoms with Gasteiger partial charge >= 0.3 is 12.2 Å². The Bertz CT molecular complexity index is 1890. The predicted molar refractivity (Wildman–Crippen MR) is 188 cm³/mol. The smallest absolute Gasteiger partial charge is 0.407 e. The molecule has 4 aromatic rings. The molecule has 4 rings (SSSR count). The normalized spacial score (nSPS) is 13.4. The Morgan fingerprint density at radius 1 is 0.680 bits per heavy atom. The van der Waals surface area contributed by atoms with Gasteiger partial charge in [-0.05, 0) is 61.6 Å². The van der Waals surface area contributed by atoms with Crippen molar-refractivity contribution in [1.29, 1.82) is 0 Å². The monoisotopic (exact) mass is 684 g/mol. The third-order valence-electron chi connectivity index (χ3n) is 8.00. The summed E-state index contributed by atoms with van der Waals surface area (Å²) in [4.78, 5) is 64.7. The summed E-state index contributed by atoms with van der Waals surface area (Å²) in [6.07, 6.45) is 0.359. The van der Waals surface area contributed by atoms with Crippen LogP contribution in [0.25, 0.3) is 22.3 Å². The molecule has 264 valence electrons. The van der Waals surface area contributed by atoms with E-state index in [0.29, 0.717) is 11.6 Å². The average molecular weight is 685 g/mol. The molecule has 0 fully saturated rings. The number of carbonyl (C=O) groups is 4. The number of benzene rings is 2. The first-order chi connectivity index (χ1) is 23.8. The van der Waals surface area contributed by atoms with Crippen molar-refractivity contribution in [3.63, 3.8) is 0 Å². The summed E-state index contributed by atoms with van der Waals surface area (Å²) in [5.41, 5.74) is 4.78. The van der Waals surface area contributed by atoms with Crippen molar-refractivity contribution in [2.75, 3.05) is 14.2 Å². The van der Waals surface area contributed by atoms with E-state index < -0.39 is 36.4 Å². The molecule has 0 spiro atoms. The Balaban J connectivity index is 1.39. The van der Waals surface area contributed by atoms with Gasteiger partial charge in [-0.1, -0.05) is 51.7 Å². The minimum absolute atomic E-state index is 0.144. The van der Waals surface area contributed by atoms with Crippen molar-refractivity contribution < 1.29 is 28.7 Å². The predicted octanol–water partition coefficient (Wildman–Crippen LogP) is 4.47. The summed E-state index contributed by atoms with van der Waals surface area (Å²) in [5.74, 6) is 6.55. The molecule has 14 nitrogen and oxygen atoms in total. The number of methoxy groups -OCH3 is 2. The SMILES string of the molecule is COC(=O)N[C@H](C(=O)N[C@@H](C)c1ncc(-c2ccc(C#Cc3ccc4nc([C@H](C)NC(=O)[C@H](NC(=O)OC)C(C)C)[nH]c4c3)cc2)[nH]1)C(C)C. The highest BCUT2D eigenvalue weighted by molar-refractivity contribution is 5.87. The summed E-state index contributed by atoms with van der Waals surface area (Å²) >= 11 is 0. The van der Waals surface area contributed by atoms with Crippen LogP contribution in [0.2, 0.25) is 0 Å². The van der Waals surface area contributed by atoms with Gasteiger partial charge in [0, 0.05) is 11.1 Å². The van der Waals surface area contributed by atoms with Gasteiger partial charge in [0.2, 0.25) is 11.8 Å². The number of carbonyl (C=O) groups excluding carboxylic acids is 4. The molecule has 0 aliphatic carbocycles. The number of aromatic nitrogens is 4. The molecule has 2 aromatic carbocycles. The van der Waals surface area contributed by atoms with E-state index in [1.54, 1.807) is 6.20 Å². The van der Waals surface area contributed by atoms with Crippen molar-refractivity contribution in [2.24, 2.45) is 11.8 Å². The van der Waals surface area contributed by atoms with Gasteiger partial charge in [0.05, 0.1) is 49.2 Å². The second-order valence-electron chi connectivity index (χ2n) is 12.5. The lowest BCUT2D eigenvalue weighted by molar-refractivity contribution is -0.125. The van der Waals surface area contributed by atoms with Crippen molar-refractivity contribution in [2.45, 2.75) is 65.7 Å². The zero-order valence-corrected chi connectivity index (χ0v) is 29.4. The van der Waals surface area contributed by atoms with E-state index in [4.69, 9.17) is 0 Å². The molecule has 4 amide bonds. The maximum atomic E-state index is 12.9. The number of imidazole rings is 2. The first-order valence-corrected chi connectivity index (χ1v) is 16.3. The number of ether oxygens (including phenoxy) is 2. The van der Waals surface area contributed by atoms with E-state index in [1.807, 2.05) is 84.0 Å². The summed E-state index contributed by atoms with van der Waals surface area (Å²) in [5, 5.41) is 10.9. The van der Waals surface area contributed by atoms with Crippen LogP contribution in [-0.2, 0) is 19.1 Å². The number of rotatable bonds is 11. The van der Waals surface area contributed by atoms with Gasteiger partial charge < -0.3 is 40.7 Å². The summed E-state index contributed by atoms with van der Waals surface area (Å²) < 4.78 is 9.29. The van der Waals surface area contributed by atoms with Gasteiger partial charge in [0.25, 0.3) is 0 Å². The van der Waals surface area contributed by atoms with Crippen LogP contribution in [0, 0.1) is 23.7 Å². The van der Waals surface area contributed by atoms with E-state index >= 15 is 0 Å².